The average molecular weight is 249 g/mol. The predicted octanol–water partition coefficient (Wildman–Crippen LogP) is 2.16. The summed E-state index contributed by atoms with van der Waals surface area (Å²) in [6.45, 7) is 3.60. The number of aliphatic hydroxyl groups is 1. The van der Waals surface area contributed by atoms with E-state index in [1.807, 2.05) is 6.92 Å². The lowest BCUT2D eigenvalue weighted by Crippen LogP contribution is -2.04. The van der Waals surface area contributed by atoms with Gasteiger partial charge in [-0.3, -0.25) is 0 Å². The van der Waals surface area contributed by atoms with Crippen molar-refractivity contribution in [2.24, 2.45) is 0 Å². The van der Waals surface area contributed by atoms with Crippen LogP contribution in [0.4, 0.5) is 4.39 Å². The van der Waals surface area contributed by atoms with Crippen molar-refractivity contribution in [2.45, 2.75) is 33.3 Å². The number of aryl methyl sites for hydroxylation is 1. The highest BCUT2D eigenvalue weighted by molar-refractivity contribution is 5.36. The molecule has 0 aliphatic carbocycles. The van der Waals surface area contributed by atoms with Gasteiger partial charge in [0.15, 0.2) is 0 Å². The van der Waals surface area contributed by atoms with Crippen LogP contribution < -0.4 is 0 Å². The van der Waals surface area contributed by atoms with E-state index < -0.39 is 0 Å². The van der Waals surface area contributed by atoms with Gasteiger partial charge in [-0.1, -0.05) is 24.6 Å². The maximum atomic E-state index is 13.6. The van der Waals surface area contributed by atoms with Gasteiger partial charge in [0.05, 0.1) is 18.0 Å². The highest BCUT2D eigenvalue weighted by Gasteiger charge is 2.13. The average Bonchev–Trinajstić information content (AvgIpc) is 2.76. The lowest BCUT2D eigenvalue weighted by molar-refractivity contribution is 0.275. The second kappa shape index (κ2) is 5.27. The Morgan fingerprint density at radius 3 is 2.78 bits per heavy atom. The molecule has 0 saturated heterocycles. The Morgan fingerprint density at radius 1 is 1.39 bits per heavy atom. The molecule has 0 radical (unpaired) electrons. The van der Waals surface area contributed by atoms with E-state index >= 15 is 0 Å². The molecular weight excluding hydrogens is 233 g/mol. The summed E-state index contributed by atoms with van der Waals surface area (Å²) in [5.41, 5.74) is 2.62. The van der Waals surface area contributed by atoms with Gasteiger partial charge in [0.2, 0.25) is 0 Å². The van der Waals surface area contributed by atoms with Crippen LogP contribution in [0, 0.1) is 12.7 Å². The van der Waals surface area contributed by atoms with Crippen molar-refractivity contribution in [1.29, 1.82) is 0 Å². The van der Waals surface area contributed by atoms with Crippen molar-refractivity contribution < 1.29 is 9.50 Å². The molecule has 2 rings (SSSR count). The highest BCUT2D eigenvalue weighted by atomic mass is 19.1. The van der Waals surface area contributed by atoms with Crippen molar-refractivity contribution >= 4 is 0 Å². The van der Waals surface area contributed by atoms with Gasteiger partial charge < -0.3 is 5.11 Å². The van der Waals surface area contributed by atoms with Crippen LogP contribution in [-0.4, -0.2) is 20.1 Å². The maximum Gasteiger partial charge on any atom is 0.128 e. The molecule has 0 saturated carbocycles. The predicted molar refractivity (Wildman–Crippen MR) is 66.0 cm³/mol. The highest BCUT2D eigenvalue weighted by Crippen LogP contribution is 2.17. The Kier molecular flexibility index (Phi) is 3.72. The van der Waals surface area contributed by atoms with Crippen molar-refractivity contribution in [2.75, 3.05) is 0 Å². The monoisotopic (exact) mass is 249 g/mol. The summed E-state index contributed by atoms with van der Waals surface area (Å²) < 4.78 is 15.2. The van der Waals surface area contributed by atoms with E-state index in [0.29, 0.717) is 16.9 Å². The molecule has 0 fully saturated rings. The molecule has 1 N–H and O–H groups in total. The van der Waals surface area contributed by atoms with E-state index in [0.717, 1.165) is 18.5 Å². The van der Waals surface area contributed by atoms with Gasteiger partial charge in [0.25, 0.3) is 0 Å². The first-order chi connectivity index (χ1) is 8.67. The van der Waals surface area contributed by atoms with Gasteiger partial charge in [-0.2, -0.15) is 0 Å². The largest absolute Gasteiger partial charge is 0.390 e. The molecule has 2 aromatic rings. The molecule has 0 bridgehead atoms. The second-order valence-electron chi connectivity index (χ2n) is 4.24. The molecule has 0 aliphatic heterocycles. The molecule has 1 heterocycles. The van der Waals surface area contributed by atoms with E-state index in [9.17, 15) is 9.50 Å². The maximum absolute atomic E-state index is 13.6. The standard InChI is InChI=1S/C13H16FN3O/c1-3-4-13-12(8-18)15-16-17(13)10-6-5-9(2)11(14)7-10/h5-7,18H,3-4,8H2,1-2H3. The molecule has 1 aromatic heterocycles. The number of rotatable bonds is 4. The minimum Gasteiger partial charge on any atom is -0.390 e. The summed E-state index contributed by atoms with van der Waals surface area (Å²) in [4.78, 5) is 0. The van der Waals surface area contributed by atoms with E-state index in [2.05, 4.69) is 10.3 Å². The van der Waals surface area contributed by atoms with Crippen molar-refractivity contribution in [1.82, 2.24) is 15.0 Å². The summed E-state index contributed by atoms with van der Waals surface area (Å²) in [6, 6.07) is 4.94. The van der Waals surface area contributed by atoms with Crippen LogP contribution in [-0.2, 0) is 13.0 Å². The fraction of sp³-hybridized carbons (Fsp3) is 0.385. The van der Waals surface area contributed by atoms with Crippen LogP contribution >= 0.6 is 0 Å². The van der Waals surface area contributed by atoms with E-state index in [-0.39, 0.29) is 12.4 Å². The quantitative estimate of drug-likeness (QED) is 0.903. The lowest BCUT2D eigenvalue weighted by Gasteiger charge is -2.07. The third-order valence-corrected chi connectivity index (χ3v) is 2.88. The topological polar surface area (TPSA) is 50.9 Å². The van der Waals surface area contributed by atoms with Gasteiger partial charge >= 0.3 is 0 Å². The number of nitrogens with zero attached hydrogens (tertiary/aromatic N) is 3. The number of benzene rings is 1. The molecule has 4 nitrogen and oxygen atoms in total. The van der Waals surface area contributed by atoms with Gasteiger partial charge in [0.1, 0.15) is 11.5 Å². The molecule has 5 heteroatoms. The van der Waals surface area contributed by atoms with Crippen molar-refractivity contribution in [3.8, 4) is 5.69 Å². The van der Waals surface area contributed by atoms with Crippen LogP contribution in [0.1, 0.15) is 30.3 Å². The number of halogens is 1. The molecular formula is C13H16FN3O. The smallest absolute Gasteiger partial charge is 0.128 e. The van der Waals surface area contributed by atoms with Gasteiger partial charge in [-0.25, -0.2) is 9.07 Å². The molecule has 0 amide bonds. The van der Waals surface area contributed by atoms with Crippen molar-refractivity contribution in [3.63, 3.8) is 0 Å². The van der Waals surface area contributed by atoms with Gasteiger partial charge in [-0.15, -0.1) is 5.10 Å². The third kappa shape index (κ3) is 2.26. The molecule has 18 heavy (non-hydrogen) atoms. The normalized spacial score (nSPS) is 10.9. The summed E-state index contributed by atoms with van der Waals surface area (Å²) in [5.74, 6) is -0.268. The van der Waals surface area contributed by atoms with E-state index in [1.54, 1.807) is 23.7 Å². The summed E-state index contributed by atoms with van der Waals surface area (Å²) >= 11 is 0. The molecule has 0 atom stereocenters. The summed E-state index contributed by atoms with van der Waals surface area (Å²) in [5, 5.41) is 17.1. The first-order valence-corrected chi connectivity index (χ1v) is 5.98. The molecule has 96 valence electrons. The fourth-order valence-electron chi connectivity index (χ4n) is 1.86. The van der Waals surface area contributed by atoms with Crippen LogP contribution in [0.15, 0.2) is 18.2 Å². The molecule has 1 aromatic carbocycles. The Bertz CT molecular complexity index is 551. The number of aliphatic hydroxyl groups excluding tert-OH is 1. The minimum atomic E-state index is -0.268. The third-order valence-electron chi connectivity index (χ3n) is 2.88. The lowest BCUT2D eigenvalue weighted by atomic mass is 10.2. The Labute approximate surface area is 105 Å². The zero-order valence-electron chi connectivity index (χ0n) is 10.5. The van der Waals surface area contributed by atoms with E-state index in [4.69, 9.17) is 0 Å². The van der Waals surface area contributed by atoms with Gasteiger partial charge in [0, 0.05) is 0 Å². The molecule has 0 spiro atoms. The van der Waals surface area contributed by atoms with Gasteiger partial charge in [-0.05, 0) is 31.0 Å². The number of aromatic nitrogens is 3. The summed E-state index contributed by atoms with van der Waals surface area (Å²) in [6.07, 6.45) is 1.66. The van der Waals surface area contributed by atoms with Crippen LogP contribution in [0.3, 0.4) is 0 Å². The zero-order valence-corrected chi connectivity index (χ0v) is 10.5. The van der Waals surface area contributed by atoms with Crippen LogP contribution in [0.5, 0.6) is 0 Å². The second-order valence-corrected chi connectivity index (χ2v) is 4.24. The van der Waals surface area contributed by atoms with E-state index in [1.165, 1.54) is 6.07 Å². The summed E-state index contributed by atoms with van der Waals surface area (Å²) in [7, 11) is 0. The number of hydrogen-bond donors (Lipinski definition) is 1. The fourth-order valence-corrected chi connectivity index (χ4v) is 1.86. The minimum absolute atomic E-state index is 0.149. The zero-order chi connectivity index (χ0) is 13.1. The molecule has 0 unspecified atom stereocenters. The first-order valence-electron chi connectivity index (χ1n) is 5.98. The Balaban J connectivity index is 2.49. The van der Waals surface area contributed by atoms with Crippen LogP contribution in [0.2, 0.25) is 0 Å². The Morgan fingerprint density at radius 2 is 2.17 bits per heavy atom. The number of hydrogen-bond acceptors (Lipinski definition) is 3. The van der Waals surface area contributed by atoms with Crippen LogP contribution in [0.25, 0.3) is 5.69 Å². The first kappa shape index (κ1) is 12.7. The molecule has 0 aliphatic rings. The van der Waals surface area contributed by atoms with Crippen molar-refractivity contribution in [3.05, 3.63) is 41.0 Å². The Hall–Kier alpha value is -1.75. The SMILES string of the molecule is CCCc1c(CO)nnn1-c1ccc(C)c(F)c1.